The van der Waals surface area contributed by atoms with Crippen molar-refractivity contribution in [3.05, 3.63) is 24.3 Å². The largest absolute Gasteiger partial charge is 0.481 e. The predicted molar refractivity (Wildman–Crippen MR) is 218 cm³/mol. The fraction of sp³-hybridized carbons (Fsp3) is 0.870. The van der Waals surface area contributed by atoms with E-state index in [9.17, 15) is 14.7 Å². The predicted octanol–water partition coefficient (Wildman–Crippen LogP) is 15.6. The van der Waals surface area contributed by atoms with E-state index < -0.39 is 12.1 Å². The molecule has 50 heavy (non-hydrogen) atoms. The number of hydrogen-bond acceptors (Lipinski definition) is 3. The SMILES string of the molecule is CCCCC/C=C\C/C=C\CCCCCCCCCCCC(=O)OC(CCCCCCCCCCCCCCCCCCCCC)CC(=O)O. The number of carbonyl (C=O) groups excluding carboxylic acids is 1. The number of esters is 1. The summed E-state index contributed by atoms with van der Waals surface area (Å²) in [6.07, 6.45) is 53.6. The molecule has 1 N–H and O–H groups in total. The first-order chi connectivity index (χ1) is 24.6. The second-order valence-electron chi connectivity index (χ2n) is 15.3. The van der Waals surface area contributed by atoms with Crippen molar-refractivity contribution in [3.63, 3.8) is 0 Å². The van der Waals surface area contributed by atoms with E-state index in [1.807, 2.05) is 0 Å². The van der Waals surface area contributed by atoms with Crippen molar-refractivity contribution in [2.45, 2.75) is 258 Å². The number of unbranched alkanes of at least 4 members (excludes halogenated alkanes) is 30. The van der Waals surface area contributed by atoms with Crippen molar-refractivity contribution in [1.82, 2.24) is 0 Å². The second-order valence-corrected chi connectivity index (χ2v) is 15.3. The van der Waals surface area contributed by atoms with Gasteiger partial charge in [-0.3, -0.25) is 9.59 Å². The quantitative estimate of drug-likeness (QED) is 0.0391. The lowest BCUT2D eigenvalue weighted by Crippen LogP contribution is -2.21. The van der Waals surface area contributed by atoms with Gasteiger partial charge in [-0.05, 0) is 51.4 Å². The average Bonchev–Trinajstić information content (AvgIpc) is 3.10. The van der Waals surface area contributed by atoms with Gasteiger partial charge < -0.3 is 9.84 Å². The number of carbonyl (C=O) groups is 2. The van der Waals surface area contributed by atoms with Crippen LogP contribution in [0.3, 0.4) is 0 Å². The van der Waals surface area contributed by atoms with Crippen LogP contribution in [0.5, 0.6) is 0 Å². The van der Waals surface area contributed by atoms with Crippen LogP contribution in [0, 0.1) is 0 Å². The average molecular weight is 703 g/mol. The lowest BCUT2D eigenvalue weighted by atomic mass is 10.0. The standard InChI is InChI=1S/C46H86O4/c1-3-5-7-9-11-13-15-17-19-21-23-25-27-29-31-33-35-37-39-41-44(43-45(47)48)50-46(49)42-40-38-36-34-32-30-28-26-24-22-20-18-16-14-12-10-8-6-4-2/h12,14,18,20,44H,3-11,13,15-17,19,21-43H2,1-2H3,(H,47,48)/b14-12-,20-18-. The first-order valence-electron chi connectivity index (χ1n) is 22.3. The topological polar surface area (TPSA) is 63.6 Å². The zero-order chi connectivity index (χ0) is 36.4. The Kier molecular flexibility index (Phi) is 40.5. The highest BCUT2D eigenvalue weighted by Gasteiger charge is 2.17. The van der Waals surface area contributed by atoms with Gasteiger partial charge in [0.1, 0.15) is 6.10 Å². The smallest absolute Gasteiger partial charge is 0.307 e. The van der Waals surface area contributed by atoms with Crippen LogP contribution in [-0.4, -0.2) is 23.1 Å². The molecule has 0 bridgehead atoms. The molecule has 0 aromatic heterocycles. The molecule has 4 nitrogen and oxygen atoms in total. The van der Waals surface area contributed by atoms with Crippen LogP contribution in [0.1, 0.15) is 251 Å². The summed E-state index contributed by atoms with van der Waals surface area (Å²) in [4.78, 5) is 23.7. The Morgan fingerprint density at radius 3 is 1.22 bits per heavy atom. The van der Waals surface area contributed by atoms with Gasteiger partial charge in [0.25, 0.3) is 0 Å². The number of hydrogen-bond donors (Lipinski definition) is 1. The summed E-state index contributed by atoms with van der Waals surface area (Å²) >= 11 is 0. The van der Waals surface area contributed by atoms with Crippen molar-refractivity contribution < 1.29 is 19.4 Å². The maximum absolute atomic E-state index is 12.4. The third-order valence-electron chi connectivity index (χ3n) is 10.2. The van der Waals surface area contributed by atoms with Crippen LogP contribution >= 0.6 is 0 Å². The van der Waals surface area contributed by atoms with E-state index >= 15 is 0 Å². The van der Waals surface area contributed by atoms with Crippen molar-refractivity contribution >= 4 is 11.9 Å². The van der Waals surface area contributed by atoms with Crippen molar-refractivity contribution in [1.29, 1.82) is 0 Å². The van der Waals surface area contributed by atoms with Gasteiger partial charge in [0.15, 0.2) is 0 Å². The van der Waals surface area contributed by atoms with Crippen LogP contribution in [0.4, 0.5) is 0 Å². The first-order valence-corrected chi connectivity index (χ1v) is 22.3. The van der Waals surface area contributed by atoms with Gasteiger partial charge in [-0.2, -0.15) is 0 Å². The van der Waals surface area contributed by atoms with Crippen molar-refractivity contribution in [2.75, 3.05) is 0 Å². The van der Waals surface area contributed by atoms with E-state index in [0.29, 0.717) is 12.8 Å². The molecule has 0 aromatic rings. The van der Waals surface area contributed by atoms with Gasteiger partial charge in [0, 0.05) is 6.42 Å². The van der Waals surface area contributed by atoms with E-state index in [4.69, 9.17) is 4.74 Å². The molecule has 0 saturated carbocycles. The highest BCUT2D eigenvalue weighted by molar-refractivity contribution is 5.71. The normalized spacial score (nSPS) is 12.4. The Balaban J connectivity index is 3.59. The minimum absolute atomic E-state index is 0.0718. The zero-order valence-corrected chi connectivity index (χ0v) is 33.7. The zero-order valence-electron chi connectivity index (χ0n) is 33.7. The monoisotopic (exact) mass is 703 g/mol. The Hall–Kier alpha value is -1.58. The highest BCUT2D eigenvalue weighted by atomic mass is 16.5. The van der Waals surface area contributed by atoms with E-state index in [1.54, 1.807) is 0 Å². The molecule has 0 aliphatic heterocycles. The molecule has 1 atom stereocenters. The lowest BCUT2D eigenvalue weighted by molar-refractivity contribution is -0.153. The van der Waals surface area contributed by atoms with Gasteiger partial charge in [0.2, 0.25) is 0 Å². The summed E-state index contributed by atoms with van der Waals surface area (Å²) < 4.78 is 5.61. The number of ether oxygens (including phenoxy) is 1. The van der Waals surface area contributed by atoms with Crippen molar-refractivity contribution in [3.8, 4) is 0 Å². The van der Waals surface area contributed by atoms with Gasteiger partial charge in [-0.1, -0.05) is 212 Å². The second kappa shape index (κ2) is 41.8. The molecule has 0 saturated heterocycles. The van der Waals surface area contributed by atoms with E-state index in [-0.39, 0.29) is 12.4 Å². The maximum atomic E-state index is 12.4. The van der Waals surface area contributed by atoms with Crippen LogP contribution in [0.25, 0.3) is 0 Å². The number of allylic oxidation sites excluding steroid dienone is 4. The fourth-order valence-electron chi connectivity index (χ4n) is 6.88. The Labute approximate surface area is 312 Å². The molecule has 0 fully saturated rings. The molecule has 0 spiro atoms. The van der Waals surface area contributed by atoms with Gasteiger partial charge in [-0.25, -0.2) is 0 Å². The molecule has 4 heteroatoms. The van der Waals surface area contributed by atoms with Gasteiger partial charge in [-0.15, -0.1) is 0 Å². The van der Waals surface area contributed by atoms with Crippen LogP contribution < -0.4 is 0 Å². The molecule has 0 radical (unpaired) electrons. The molecule has 0 amide bonds. The molecular formula is C46H86O4. The third-order valence-corrected chi connectivity index (χ3v) is 10.2. The summed E-state index contributed by atoms with van der Waals surface area (Å²) in [6.45, 7) is 4.54. The Bertz CT molecular complexity index is 757. The maximum Gasteiger partial charge on any atom is 0.307 e. The molecule has 294 valence electrons. The fourth-order valence-corrected chi connectivity index (χ4v) is 6.88. The van der Waals surface area contributed by atoms with Gasteiger partial charge >= 0.3 is 11.9 Å². The number of carboxylic acids is 1. The minimum atomic E-state index is -0.877. The summed E-state index contributed by atoms with van der Waals surface area (Å²) in [6, 6.07) is 0. The minimum Gasteiger partial charge on any atom is -0.481 e. The summed E-state index contributed by atoms with van der Waals surface area (Å²) in [5.41, 5.74) is 0. The molecule has 0 heterocycles. The van der Waals surface area contributed by atoms with E-state index in [0.717, 1.165) is 32.1 Å². The van der Waals surface area contributed by atoms with Crippen LogP contribution in [-0.2, 0) is 14.3 Å². The molecular weight excluding hydrogens is 617 g/mol. The van der Waals surface area contributed by atoms with E-state index in [2.05, 4.69) is 38.2 Å². The van der Waals surface area contributed by atoms with Gasteiger partial charge in [0.05, 0.1) is 6.42 Å². The summed E-state index contributed by atoms with van der Waals surface area (Å²) in [5.74, 6) is -1.09. The van der Waals surface area contributed by atoms with E-state index in [1.165, 1.54) is 186 Å². The van der Waals surface area contributed by atoms with Crippen LogP contribution in [0.2, 0.25) is 0 Å². The van der Waals surface area contributed by atoms with Crippen LogP contribution in [0.15, 0.2) is 24.3 Å². The Morgan fingerprint density at radius 1 is 0.460 bits per heavy atom. The number of carboxylic acid groups (broad SMARTS) is 1. The molecule has 1 unspecified atom stereocenters. The first kappa shape index (κ1) is 48.4. The highest BCUT2D eigenvalue weighted by Crippen LogP contribution is 2.18. The summed E-state index contributed by atoms with van der Waals surface area (Å²) in [5, 5.41) is 9.30. The third kappa shape index (κ3) is 40.8. The van der Waals surface area contributed by atoms with Crippen molar-refractivity contribution in [2.24, 2.45) is 0 Å². The lowest BCUT2D eigenvalue weighted by Gasteiger charge is -2.16. The number of aliphatic carboxylic acids is 1. The summed E-state index contributed by atoms with van der Waals surface area (Å²) in [7, 11) is 0. The molecule has 0 aliphatic rings. The molecule has 0 aliphatic carbocycles. The number of rotatable bonds is 41. The molecule has 0 aromatic carbocycles. The molecule has 0 rings (SSSR count). The Morgan fingerprint density at radius 2 is 0.800 bits per heavy atom.